The van der Waals surface area contributed by atoms with E-state index < -0.39 is 10.0 Å². The fraction of sp³-hybridized carbons (Fsp3) is 0.435. The van der Waals surface area contributed by atoms with Gasteiger partial charge < -0.3 is 24.3 Å². The summed E-state index contributed by atoms with van der Waals surface area (Å²) in [6.45, 7) is 3.96. The minimum absolute atomic E-state index is 0.159. The Kier molecular flexibility index (Phi) is 6.83. The van der Waals surface area contributed by atoms with Crippen LogP contribution in [0.15, 0.2) is 36.4 Å². The van der Waals surface area contributed by atoms with E-state index in [0.717, 1.165) is 11.8 Å². The second-order valence-corrected chi connectivity index (χ2v) is 9.87. The highest BCUT2D eigenvalue weighted by Gasteiger charge is 2.21. The third-order valence-corrected chi connectivity index (χ3v) is 6.62. The van der Waals surface area contributed by atoms with Crippen molar-refractivity contribution in [3.8, 4) is 23.0 Å². The molecule has 0 radical (unpaired) electrons. The van der Waals surface area contributed by atoms with Gasteiger partial charge in [0.05, 0.1) is 18.0 Å². The van der Waals surface area contributed by atoms with Crippen LogP contribution in [0.4, 0.5) is 5.69 Å². The molecule has 10 heteroatoms. The van der Waals surface area contributed by atoms with E-state index in [-0.39, 0.29) is 24.9 Å². The van der Waals surface area contributed by atoms with E-state index in [4.69, 9.17) is 18.9 Å². The molecular weight excluding hydrogens is 448 g/mol. The van der Waals surface area contributed by atoms with E-state index in [9.17, 15) is 13.2 Å². The van der Waals surface area contributed by atoms with Gasteiger partial charge in [-0.3, -0.25) is 9.10 Å². The third kappa shape index (κ3) is 5.62. The Hall–Kier alpha value is -3.14. The number of hydrogen-bond acceptors (Lipinski definition) is 7. The van der Waals surface area contributed by atoms with Crippen molar-refractivity contribution in [1.29, 1.82) is 0 Å². The average Bonchev–Trinajstić information content (AvgIpc) is 2.80. The Morgan fingerprint density at radius 1 is 0.939 bits per heavy atom. The Labute approximate surface area is 193 Å². The fourth-order valence-electron chi connectivity index (χ4n) is 3.78. The second kappa shape index (κ2) is 9.78. The van der Waals surface area contributed by atoms with Crippen LogP contribution in [0.5, 0.6) is 23.0 Å². The maximum absolute atomic E-state index is 12.5. The van der Waals surface area contributed by atoms with E-state index in [1.807, 2.05) is 25.1 Å². The zero-order chi connectivity index (χ0) is 23.4. The number of rotatable bonds is 8. The highest BCUT2D eigenvalue weighted by Crippen LogP contribution is 2.35. The van der Waals surface area contributed by atoms with Crippen LogP contribution >= 0.6 is 0 Å². The molecule has 0 aromatic heterocycles. The summed E-state index contributed by atoms with van der Waals surface area (Å²) < 4.78 is 48.2. The molecule has 0 bridgehead atoms. The molecule has 178 valence electrons. The molecule has 2 aliphatic rings. The van der Waals surface area contributed by atoms with E-state index >= 15 is 0 Å². The second-order valence-electron chi connectivity index (χ2n) is 7.96. The van der Waals surface area contributed by atoms with Crippen LogP contribution in [0.1, 0.15) is 31.4 Å². The molecule has 0 fully saturated rings. The van der Waals surface area contributed by atoms with Gasteiger partial charge in [0.2, 0.25) is 15.9 Å². The van der Waals surface area contributed by atoms with Gasteiger partial charge in [0.15, 0.2) is 23.0 Å². The molecule has 1 unspecified atom stereocenters. The molecule has 9 nitrogen and oxygen atoms in total. The van der Waals surface area contributed by atoms with Crippen LogP contribution in [0.25, 0.3) is 0 Å². The minimum Gasteiger partial charge on any atom is -0.486 e. The highest BCUT2D eigenvalue weighted by atomic mass is 32.2. The lowest BCUT2D eigenvalue weighted by molar-refractivity contribution is -0.121. The number of carbonyl (C=O) groups is 1. The Bertz CT molecular complexity index is 1120. The summed E-state index contributed by atoms with van der Waals surface area (Å²) in [4.78, 5) is 12.5. The molecular formula is C23H28N2O7S. The lowest BCUT2D eigenvalue weighted by atomic mass is 10.1. The molecule has 4 rings (SSSR count). The molecule has 2 heterocycles. The smallest absolute Gasteiger partial charge is 0.232 e. The number of ether oxygens (including phenoxy) is 4. The molecule has 0 saturated heterocycles. The molecule has 0 saturated carbocycles. The average molecular weight is 477 g/mol. The lowest BCUT2D eigenvalue weighted by Gasteiger charge is -2.25. The first-order valence-electron chi connectivity index (χ1n) is 10.9. The number of fused-ring (bicyclic) bond motifs is 2. The Balaban J connectivity index is 1.34. The number of carbonyl (C=O) groups excluding carboxylic acids is 1. The van der Waals surface area contributed by atoms with Gasteiger partial charge >= 0.3 is 0 Å². The van der Waals surface area contributed by atoms with Crippen LogP contribution in [0, 0.1) is 0 Å². The van der Waals surface area contributed by atoms with Gasteiger partial charge in [0, 0.05) is 19.0 Å². The molecule has 1 N–H and O–H groups in total. The Morgan fingerprint density at radius 2 is 1.52 bits per heavy atom. The maximum Gasteiger partial charge on any atom is 0.232 e. The Morgan fingerprint density at radius 3 is 2.15 bits per heavy atom. The summed E-state index contributed by atoms with van der Waals surface area (Å²) in [5, 5.41) is 2.96. The number of nitrogens with zero attached hydrogens (tertiary/aromatic N) is 1. The standard InChI is InChI=1S/C23H28N2O7S/c1-16(17-5-7-19-21(14-17)31-12-10-29-19)24-23(26)4-3-9-25(33(2,27)28)18-6-8-20-22(15-18)32-13-11-30-20/h5-8,14-16H,3-4,9-13H2,1-2H3,(H,24,26). The monoisotopic (exact) mass is 476 g/mol. The molecule has 2 aromatic rings. The normalized spacial score (nSPS) is 15.5. The van der Waals surface area contributed by atoms with Crippen molar-refractivity contribution in [3.05, 3.63) is 42.0 Å². The van der Waals surface area contributed by atoms with Crippen molar-refractivity contribution in [2.24, 2.45) is 0 Å². The van der Waals surface area contributed by atoms with Crippen molar-refractivity contribution in [1.82, 2.24) is 5.32 Å². The van der Waals surface area contributed by atoms with Crippen LogP contribution in [-0.4, -0.2) is 53.6 Å². The number of benzene rings is 2. The van der Waals surface area contributed by atoms with Crippen LogP contribution in [0.2, 0.25) is 0 Å². The van der Waals surface area contributed by atoms with Crippen molar-refractivity contribution >= 4 is 21.6 Å². The summed E-state index contributed by atoms with van der Waals surface area (Å²) in [7, 11) is -3.54. The van der Waals surface area contributed by atoms with Crippen molar-refractivity contribution in [2.75, 3.05) is 43.5 Å². The molecule has 2 aromatic carbocycles. The zero-order valence-corrected chi connectivity index (χ0v) is 19.5. The van der Waals surface area contributed by atoms with Crippen LogP contribution in [0.3, 0.4) is 0 Å². The lowest BCUT2D eigenvalue weighted by Crippen LogP contribution is -2.32. The summed E-state index contributed by atoms with van der Waals surface area (Å²) in [6, 6.07) is 10.4. The fourth-order valence-corrected chi connectivity index (χ4v) is 4.74. The number of nitrogens with one attached hydrogen (secondary N) is 1. The summed E-state index contributed by atoms with van der Waals surface area (Å²) in [5.41, 5.74) is 1.38. The van der Waals surface area contributed by atoms with Crippen molar-refractivity contribution in [3.63, 3.8) is 0 Å². The van der Waals surface area contributed by atoms with Gasteiger partial charge in [0.1, 0.15) is 26.4 Å². The minimum atomic E-state index is -3.54. The number of hydrogen-bond donors (Lipinski definition) is 1. The van der Waals surface area contributed by atoms with E-state index in [2.05, 4.69) is 5.32 Å². The molecule has 0 spiro atoms. The van der Waals surface area contributed by atoms with Crippen LogP contribution in [-0.2, 0) is 14.8 Å². The van der Waals surface area contributed by atoms with Gasteiger partial charge in [-0.05, 0) is 43.2 Å². The molecule has 2 aliphatic heterocycles. The predicted octanol–water partition coefficient (Wildman–Crippen LogP) is 2.65. The number of amides is 1. The summed E-state index contributed by atoms with van der Waals surface area (Å²) >= 11 is 0. The quantitative estimate of drug-likeness (QED) is 0.625. The molecule has 0 aliphatic carbocycles. The highest BCUT2D eigenvalue weighted by molar-refractivity contribution is 7.92. The largest absolute Gasteiger partial charge is 0.486 e. The first-order valence-corrected chi connectivity index (χ1v) is 12.7. The first-order chi connectivity index (χ1) is 15.8. The van der Waals surface area contributed by atoms with Gasteiger partial charge in [-0.15, -0.1) is 0 Å². The third-order valence-electron chi connectivity index (χ3n) is 5.42. The SMILES string of the molecule is CC(NC(=O)CCCN(c1ccc2c(c1)OCCO2)S(C)(=O)=O)c1ccc2c(c1)OCCO2. The zero-order valence-electron chi connectivity index (χ0n) is 18.7. The van der Waals surface area contributed by atoms with E-state index in [1.54, 1.807) is 18.2 Å². The van der Waals surface area contributed by atoms with Gasteiger partial charge in [-0.2, -0.15) is 0 Å². The van der Waals surface area contributed by atoms with E-state index in [0.29, 0.717) is 61.5 Å². The first kappa shape index (κ1) is 23.0. The van der Waals surface area contributed by atoms with Gasteiger partial charge in [-0.25, -0.2) is 8.42 Å². The predicted molar refractivity (Wildman–Crippen MR) is 123 cm³/mol. The summed E-state index contributed by atoms with van der Waals surface area (Å²) in [6.07, 6.45) is 1.69. The topological polar surface area (TPSA) is 103 Å². The number of sulfonamides is 1. The van der Waals surface area contributed by atoms with Gasteiger partial charge in [-0.1, -0.05) is 6.07 Å². The van der Waals surface area contributed by atoms with Crippen LogP contribution < -0.4 is 28.6 Å². The summed E-state index contributed by atoms with van der Waals surface area (Å²) in [5.74, 6) is 2.31. The van der Waals surface area contributed by atoms with E-state index in [1.165, 1.54) is 4.31 Å². The van der Waals surface area contributed by atoms with Gasteiger partial charge in [0.25, 0.3) is 0 Å². The maximum atomic E-state index is 12.5. The van der Waals surface area contributed by atoms with Crippen molar-refractivity contribution in [2.45, 2.75) is 25.8 Å². The molecule has 1 atom stereocenters. The van der Waals surface area contributed by atoms with Crippen molar-refractivity contribution < 1.29 is 32.2 Å². The molecule has 1 amide bonds. The molecule has 33 heavy (non-hydrogen) atoms. The number of anilines is 1.